The first-order valence-corrected chi connectivity index (χ1v) is 14.4. The Hall–Kier alpha value is -2.89. The molecule has 0 N–H and O–H groups in total. The summed E-state index contributed by atoms with van der Waals surface area (Å²) < 4.78 is 6.36. The van der Waals surface area contributed by atoms with E-state index in [0.717, 1.165) is 24.9 Å². The molecule has 2 heteroatoms. The van der Waals surface area contributed by atoms with E-state index in [4.69, 9.17) is 4.74 Å². The van der Waals surface area contributed by atoms with Crippen LogP contribution in [0.25, 0.3) is 0 Å². The van der Waals surface area contributed by atoms with Crippen molar-refractivity contribution in [2.45, 2.75) is 38.8 Å². The summed E-state index contributed by atoms with van der Waals surface area (Å²) in [5.41, 5.74) is 1.30. The van der Waals surface area contributed by atoms with Gasteiger partial charge in [-0.25, -0.2) is 0 Å². The van der Waals surface area contributed by atoms with Gasteiger partial charge < -0.3 is 0 Å². The van der Waals surface area contributed by atoms with E-state index in [1.807, 2.05) is 0 Å². The Morgan fingerprint density at radius 1 is 0.545 bits per heavy atom. The number of rotatable bonds is 11. The van der Waals surface area contributed by atoms with Crippen molar-refractivity contribution in [1.29, 1.82) is 0 Å². The number of benzene rings is 4. The summed E-state index contributed by atoms with van der Waals surface area (Å²) in [7, 11) is -2.34. The second kappa shape index (κ2) is 11.8. The molecule has 0 atom stereocenters. The van der Waals surface area contributed by atoms with Gasteiger partial charge in [0.15, 0.2) is 0 Å². The van der Waals surface area contributed by atoms with Crippen molar-refractivity contribution in [3.05, 3.63) is 121 Å². The Labute approximate surface area is 199 Å². The Bertz CT molecular complexity index is 997. The summed E-state index contributed by atoms with van der Waals surface area (Å²) in [5.74, 6) is 1.04. The Balaban J connectivity index is 1.79. The van der Waals surface area contributed by atoms with E-state index in [2.05, 4.69) is 122 Å². The summed E-state index contributed by atoms with van der Waals surface area (Å²) in [4.78, 5) is 0. The molecule has 0 radical (unpaired) electrons. The molecule has 0 aliphatic rings. The predicted octanol–water partition coefficient (Wildman–Crippen LogP) is 6.87. The molecule has 4 aromatic rings. The van der Waals surface area contributed by atoms with Gasteiger partial charge in [0.1, 0.15) is 0 Å². The van der Waals surface area contributed by atoms with E-state index in [1.54, 1.807) is 0 Å². The minimum atomic E-state index is -2.34. The van der Waals surface area contributed by atoms with E-state index in [9.17, 15) is 0 Å². The van der Waals surface area contributed by atoms with E-state index < -0.39 is 7.26 Å². The molecule has 0 heterocycles. The van der Waals surface area contributed by atoms with Gasteiger partial charge in [-0.05, 0) is 0 Å². The summed E-state index contributed by atoms with van der Waals surface area (Å²) in [6.07, 6.45) is 5.83. The van der Waals surface area contributed by atoms with Crippen LogP contribution in [0.5, 0.6) is 5.75 Å². The van der Waals surface area contributed by atoms with E-state index >= 15 is 0 Å². The Morgan fingerprint density at radius 2 is 1.03 bits per heavy atom. The van der Waals surface area contributed by atoms with Crippen molar-refractivity contribution in [2.24, 2.45) is 0 Å². The fourth-order valence-corrected chi connectivity index (χ4v) is 9.52. The molecule has 170 valence electrons. The van der Waals surface area contributed by atoms with Crippen molar-refractivity contribution in [1.82, 2.24) is 0 Å². The Morgan fingerprint density at radius 3 is 1.55 bits per heavy atom. The molecule has 0 saturated heterocycles. The van der Waals surface area contributed by atoms with Crippen LogP contribution in [0, 0.1) is 0 Å². The fraction of sp³-hybridized carbons (Fsp3) is 0.226. The van der Waals surface area contributed by atoms with Crippen LogP contribution in [-0.2, 0) is 6.16 Å². The number of para-hydroxylation sites is 1. The normalized spacial score (nSPS) is 11.8. The topological polar surface area (TPSA) is 9.23 Å². The van der Waals surface area contributed by atoms with Crippen LogP contribution in [0.1, 0.15) is 38.2 Å². The third-order valence-electron chi connectivity index (χ3n) is 6.48. The number of unbranched alkanes of at least 4 members (excludes halogenated alkanes) is 3. The first-order chi connectivity index (χ1) is 16.3. The molecule has 4 aromatic carbocycles. The summed E-state index contributed by atoms with van der Waals surface area (Å²) in [6, 6.07) is 42.0. The summed E-state index contributed by atoms with van der Waals surface area (Å²) in [5, 5.41) is 4.29. The maximum atomic E-state index is 6.36. The second-order valence-electron chi connectivity index (χ2n) is 8.70. The summed E-state index contributed by atoms with van der Waals surface area (Å²) >= 11 is 0. The molecule has 0 aromatic heterocycles. The fourth-order valence-electron chi connectivity index (χ4n) is 4.76. The third-order valence-corrected chi connectivity index (χ3v) is 11.4. The van der Waals surface area contributed by atoms with Crippen molar-refractivity contribution >= 4 is 23.2 Å². The minimum absolute atomic E-state index is 0.785. The van der Waals surface area contributed by atoms with Crippen LogP contribution in [-0.4, -0.2) is 6.61 Å². The molecule has 0 unspecified atom stereocenters. The van der Waals surface area contributed by atoms with Crippen molar-refractivity contribution in [3.63, 3.8) is 0 Å². The van der Waals surface area contributed by atoms with Gasteiger partial charge in [-0.1, -0.05) is 0 Å². The van der Waals surface area contributed by atoms with Crippen LogP contribution < -0.4 is 20.7 Å². The van der Waals surface area contributed by atoms with Gasteiger partial charge in [0, 0.05) is 0 Å². The van der Waals surface area contributed by atoms with E-state index in [0.29, 0.717) is 0 Å². The van der Waals surface area contributed by atoms with Crippen LogP contribution in [0.15, 0.2) is 115 Å². The van der Waals surface area contributed by atoms with Gasteiger partial charge in [-0.2, -0.15) is 0 Å². The van der Waals surface area contributed by atoms with Crippen LogP contribution in [0.2, 0.25) is 0 Å². The molecule has 33 heavy (non-hydrogen) atoms. The molecule has 0 spiro atoms. The molecule has 4 rings (SSSR count). The molecule has 0 bridgehead atoms. The molecule has 0 aliphatic carbocycles. The molecule has 0 saturated carbocycles. The molecule has 0 fully saturated rings. The van der Waals surface area contributed by atoms with Crippen LogP contribution in [0.3, 0.4) is 0 Å². The van der Waals surface area contributed by atoms with Crippen molar-refractivity contribution < 1.29 is 4.74 Å². The van der Waals surface area contributed by atoms with E-state index in [1.165, 1.54) is 40.7 Å². The van der Waals surface area contributed by atoms with Gasteiger partial charge in [0.2, 0.25) is 0 Å². The molecule has 0 amide bonds. The van der Waals surface area contributed by atoms with Gasteiger partial charge in [0.25, 0.3) is 0 Å². The van der Waals surface area contributed by atoms with Crippen LogP contribution >= 0.6 is 7.26 Å². The zero-order valence-electron chi connectivity index (χ0n) is 19.6. The van der Waals surface area contributed by atoms with Gasteiger partial charge in [0.05, 0.1) is 0 Å². The van der Waals surface area contributed by atoms with Crippen molar-refractivity contribution in [2.75, 3.05) is 6.61 Å². The number of hydrogen-bond donors (Lipinski definition) is 0. The van der Waals surface area contributed by atoms with Gasteiger partial charge >= 0.3 is 200 Å². The van der Waals surface area contributed by atoms with E-state index in [-0.39, 0.29) is 0 Å². The quantitative estimate of drug-likeness (QED) is 0.177. The first kappa shape index (κ1) is 23.3. The predicted molar refractivity (Wildman–Crippen MR) is 146 cm³/mol. The van der Waals surface area contributed by atoms with Gasteiger partial charge in [-0.3, -0.25) is 0 Å². The number of hydrogen-bond acceptors (Lipinski definition) is 1. The average Bonchev–Trinajstić information content (AvgIpc) is 2.89. The average molecular weight is 455 g/mol. The molecular weight excluding hydrogens is 419 g/mol. The monoisotopic (exact) mass is 454 g/mol. The standard InChI is InChI=1S/C31H35OP/c1-2-3-4-16-25-32-31-24-15-14-17-27(31)26-33(28-18-8-5-9-19-28,29-20-10-6-11-21-29)30-22-12-7-13-23-30/h5-15,17-24,33H,2-4,16,25-26H2,1H3. The van der Waals surface area contributed by atoms with Crippen molar-refractivity contribution in [3.8, 4) is 5.75 Å². The zero-order chi connectivity index (χ0) is 22.8. The third kappa shape index (κ3) is 5.55. The second-order valence-corrected chi connectivity index (χ2v) is 12.6. The maximum absolute atomic E-state index is 6.36. The number of ether oxygens (including phenoxy) is 1. The molecule has 1 nitrogen and oxygen atoms in total. The van der Waals surface area contributed by atoms with Gasteiger partial charge in [-0.15, -0.1) is 0 Å². The molecule has 0 aliphatic heterocycles. The SMILES string of the molecule is CCCCCCOc1ccccc1C[PH](c1ccccc1)(c1ccccc1)c1ccccc1. The summed E-state index contributed by atoms with van der Waals surface area (Å²) in [6.45, 7) is 3.03. The molecular formula is C31H35OP. The van der Waals surface area contributed by atoms with Crippen LogP contribution in [0.4, 0.5) is 0 Å². The first-order valence-electron chi connectivity index (χ1n) is 12.2. The zero-order valence-corrected chi connectivity index (χ0v) is 20.6. The Kier molecular flexibility index (Phi) is 8.34.